The van der Waals surface area contributed by atoms with E-state index in [0.717, 1.165) is 6.42 Å². The lowest BCUT2D eigenvalue weighted by molar-refractivity contribution is 0.665. The first-order chi connectivity index (χ1) is 9.81. The molecule has 0 unspecified atom stereocenters. The zero-order chi connectivity index (χ0) is 13.9. The Morgan fingerprint density at radius 2 is 1.75 bits per heavy atom. The average molecular weight is 264 g/mol. The number of hydrogen-bond acceptors (Lipinski definition) is 0. The minimum atomic E-state index is 1.13. The fourth-order valence-electron chi connectivity index (χ4n) is 3.43. The van der Waals surface area contributed by atoms with Crippen molar-refractivity contribution in [2.24, 2.45) is 0 Å². The molecule has 0 heteroatoms. The summed E-state index contributed by atoms with van der Waals surface area (Å²) in [7, 11) is 0. The molecule has 3 rings (SSSR count). The molecule has 0 spiro atoms. The largest absolute Gasteiger partial charge is 0.0654 e. The van der Waals surface area contributed by atoms with Gasteiger partial charge >= 0.3 is 0 Å². The Labute approximate surface area is 122 Å². The SMILES string of the molecule is CCCCCCc1ccc2c(c1C)Cc1ccccc1-2. The minimum Gasteiger partial charge on any atom is -0.0654 e. The Morgan fingerprint density at radius 1 is 0.900 bits per heavy atom. The fraction of sp³-hybridized carbons (Fsp3) is 0.400. The van der Waals surface area contributed by atoms with E-state index in [2.05, 4.69) is 50.2 Å². The molecular formula is C20H24. The van der Waals surface area contributed by atoms with Crippen LogP contribution in [0.15, 0.2) is 36.4 Å². The van der Waals surface area contributed by atoms with Crippen LogP contribution in [0.1, 0.15) is 54.9 Å². The number of hydrogen-bond donors (Lipinski definition) is 0. The molecule has 2 aromatic carbocycles. The summed E-state index contributed by atoms with van der Waals surface area (Å²) >= 11 is 0. The van der Waals surface area contributed by atoms with Crippen LogP contribution in [0.5, 0.6) is 0 Å². The van der Waals surface area contributed by atoms with Crippen molar-refractivity contribution in [2.75, 3.05) is 0 Å². The smallest absolute Gasteiger partial charge is 0.00107 e. The van der Waals surface area contributed by atoms with Crippen molar-refractivity contribution in [1.82, 2.24) is 0 Å². The summed E-state index contributed by atoms with van der Waals surface area (Å²) in [4.78, 5) is 0. The fourth-order valence-corrected chi connectivity index (χ4v) is 3.43. The third-order valence-corrected chi connectivity index (χ3v) is 4.69. The Morgan fingerprint density at radius 3 is 2.60 bits per heavy atom. The Kier molecular flexibility index (Phi) is 3.91. The van der Waals surface area contributed by atoms with E-state index in [-0.39, 0.29) is 0 Å². The average Bonchev–Trinajstić information content (AvgIpc) is 2.85. The van der Waals surface area contributed by atoms with E-state index in [4.69, 9.17) is 0 Å². The number of fused-ring (bicyclic) bond motifs is 3. The Hall–Kier alpha value is -1.56. The summed E-state index contributed by atoms with van der Waals surface area (Å²) in [5, 5.41) is 0. The van der Waals surface area contributed by atoms with E-state index < -0.39 is 0 Å². The van der Waals surface area contributed by atoms with Crippen LogP contribution >= 0.6 is 0 Å². The van der Waals surface area contributed by atoms with Gasteiger partial charge in [-0.15, -0.1) is 0 Å². The zero-order valence-corrected chi connectivity index (χ0v) is 12.7. The lowest BCUT2D eigenvalue weighted by Gasteiger charge is -2.11. The summed E-state index contributed by atoms with van der Waals surface area (Å²) in [5.41, 5.74) is 9.08. The van der Waals surface area contributed by atoms with E-state index in [1.165, 1.54) is 54.4 Å². The Balaban J connectivity index is 1.83. The molecule has 0 aliphatic heterocycles. The number of benzene rings is 2. The Bertz CT molecular complexity index is 607. The van der Waals surface area contributed by atoms with Crippen LogP contribution in [0.2, 0.25) is 0 Å². The van der Waals surface area contributed by atoms with Gasteiger partial charge in [-0.1, -0.05) is 62.6 Å². The molecule has 0 atom stereocenters. The number of rotatable bonds is 5. The molecule has 0 heterocycles. The molecule has 0 amide bonds. The molecule has 1 aliphatic rings. The van der Waals surface area contributed by atoms with Crippen LogP contribution < -0.4 is 0 Å². The van der Waals surface area contributed by atoms with Gasteiger partial charge in [-0.3, -0.25) is 0 Å². The maximum atomic E-state index is 2.36. The van der Waals surface area contributed by atoms with Crippen molar-refractivity contribution >= 4 is 0 Å². The molecule has 0 nitrogen and oxygen atoms in total. The monoisotopic (exact) mass is 264 g/mol. The highest BCUT2D eigenvalue weighted by Crippen LogP contribution is 2.39. The van der Waals surface area contributed by atoms with Crippen LogP contribution in [-0.2, 0) is 12.8 Å². The molecule has 0 saturated heterocycles. The molecule has 2 aromatic rings. The highest BCUT2D eigenvalue weighted by molar-refractivity contribution is 5.78. The summed E-state index contributed by atoms with van der Waals surface area (Å²) in [6, 6.07) is 13.6. The maximum Gasteiger partial charge on any atom is -0.00107 e. The van der Waals surface area contributed by atoms with Crippen LogP contribution in [0.25, 0.3) is 11.1 Å². The lowest BCUT2D eigenvalue weighted by atomic mass is 9.94. The first-order valence-electron chi connectivity index (χ1n) is 8.01. The maximum absolute atomic E-state index is 2.36. The molecule has 0 aromatic heterocycles. The summed E-state index contributed by atoms with van der Waals surface area (Å²) in [6.07, 6.45) is 7.76. The third-order valence-electron chi connectivity index (χ3n) is 4.69. The van der Waals surface area contributed by atoms with Crippen molar-refractivity contribution in [2.45, 2.75) is 52.4 Å². The van der Waals surface area contributed by atoms with Crippen LogP contribution in [0, 0.1) is 6.92 Å². The van der Waals surface area contributed by atoms with Gasteiger partial charge in [0.1, 0.15) is 0 Å². The van der Waals surface area contributed by atoms with Gasteiger partial charge in [-0.25, -0.2) is 0 Å². The molecule has 1 aliphatic carbocycles. The normalized spacial score (nSPS) is 12.3. The van der Waals surface area contributed by atoms with E-state index in [1.807, 2.05) is 0 Å². The first-order valence-corrected chi connectivity index (χ1v) is 8.01. The zero-order valence-electron chi connectivity index (χ0n) is 12.7. The van der Waals surface area contributed by atoms with Gasteiger partial charge in [-0.2, -0.15) is 0 Å². The second-order valence-corrected chi connectivity index (χ2v) is 6.02. The van der Waals surface area contributed by atoms with Gasteiger partial charge in [0.25, 0.3) is 0 Å². The van der Waals surface area contributed by atoms with Crippen molar-refractivity contribution in [1.29, 1.82) is 0 Å². The molecule has 20 heavy (non-hydrogen) atoms. The molecule has 0 fully saturated rings. The second kappa shape index (κ2) is 5.83. The number of aryl methyl sites for hydroxylation is 1. The van der Waals surface area contributed by atoms with Gasteiger partial charge in [0, 0.05) is 0 Å². The molecular weight excluding hydrogens is 240 g/mol. The third kappa shape index (κ3) is 2.40. The van der Waals surface area contributed by atoms with Gasteiger partial charge in [0.15, 0.2) is 0 Å². The summed E-state index contributed by atoms with van der Waals surface area (Å²) in [6.45, 7) is 4.59. The predicted molar refractivity (Wildman–Crippen MR) is 87.3 cm³/mol. The quantitative estimate of drug-likeness (QED) is 0.519. The van der Waals surface area contributed by atoms with Crippen LogP contribution in [0.3, 0.4) is 0 Å². The van der Waals surface area contributed by atoms with E-state index in [9.17, 15) is 0 Å². The topological polar surface area (TPSA) is 0 Å². The van der Waals surface area contributed by atoms with Gasteiger partial charge in [-0.05, 0) is 59.6 Å². The van der Waals surface area contributed by atoms with E-state index in [1.54, 1.807) is 11.1 Å². The van der Waals surface area contributed by atoms with Crippen molar-refractivity contribution in [3.63, 3.8) is 0 Å². The predicted octanol–water partition coefficient (Wildman–Crippen LogP) is 5.69. The minimum absolute atomic E-state index is 1.13. The highest BCUT2D eigenvalue weighted by Gasteiger charge is 2.20. The van der Waals surface area contributed by atoms with Crippen LogP contribution in [0.4, 0.5) is 0 Å². The van der Waals surface area contributed by atoms with E-state index >= 15 is 0 Å². The van der Waals surface area contributed by atoms with Crippen LogP contribution in [-0.4, -0.2) is 0 Å². The molecule has 104 valence electrons. The number of unbranched alkanes of at least 4 members (excludes halogenated alkanes) is 3. The summed E-state index contributed by atoms with van der Waals surface area (Å²) in [5.74, 6) is 0. The molecule has 0 bridgehead atoms. The van der Waals surface area contributed by atoms with Crippen molar-refractivity contribution < 1.29 is 0 Å². The standard InChI is InChI=1S/C20H24/c1-3-4-5-6-9-16-12-13-19-18-11-8-7-10-17(18)14-20(19)15(16)2/h7-8,10-13H,3-6,9,14H2,1-2H3. The molecule has 0 N–H and O–H groups in total. The lowest BCUT2D eigenvalue weighted by Crippen LogP contribution is -1.95. The first kappa shape index (κ1) is 13.4. The highest BCUT2D eigenvalue weighted by atomic mass is 14.2. The van der Waals surface area contributed by atoms with Gasteiger partial charge < -0.3 is 0 Å². The molecule has 0 saturated carbocycles. The van der Waals surface area contributed by atoms with E-state index in [0.29, 0.717) is 0 Å². The van der Waals surface area contributed by atoms with Crippen molar-refractivity contribution in [3.05, 3.63) is 58.7 Å². The van der Waals surface area contributed by atoms with Crippen molar-refractivity contribution in [3.8, 4) is 11.1 Å². The van der Waals surface area contributed by atoms with Gasteiger partial charge in [0.2, 0.25) is 0 Å². The van der Waals surface area contributed by atoms with Gasteiger partial charge in [0.05, 0.1) is 0 Å². The second-order valence-electron chi connectivity index (χ2n) is 6.02. The summed E-state index contributed by atoms with van der Waals surface area (Å²) < 4.78 is 0. The molecule has 0 radical (unpaired) electrons.